The minimum atomic E-state index is -3.59. The van der Waals surface area contributed by atoms with Crippen LogP contribution in [-0.2, 0) is 21.1 Å². The first kappa shape index (κ1) is 17.2. The molecular weight excluding hydrogens is 310 g/mol. The molecule has 1 amide bonds. The molecule has 4 nitrogen and oxygen atoms in total. The summed E-state index contributed by atoms with van der Waals surface area (Å²) in [6, 6.07) is 14.4. The van der Waals surface area contributed by atoms with E-state index in [1.807, 2.05) is 38.1 Å². The van der Waals surface area contributed by atoms with Gasteiger partial charge in [0.05, 0.1) is 4.90 Å². The number of carbonyl (C=O) groups excluding carboxylic acids is 1. The van der Waals surface area contributed by atoms with E-state index in [9.17, 15) is 13.2 Å². The third-order valence-electron chi connectivity index (χ3n) is 3.68. The smallest absolute Gasteiger partial charge is 0.235 e. The number of benzene rings is 2. The Hall–Kier alpha value is -2.14. The number of sulfone groups is 1. The summed E-state index contributed by atoms with van der Waals surface area (Å²) in [5, 5.41) is 2.68. The van der Waals surface area contributed by atoms with Crippen LogP contribution in [0, 0.1) is 13.8 Å². The number of rotatable bonds is 6. The summed E-state index contributed by atoms with van der Waals surface area (Å²) in [6.07, 6.45) is 0.684. The van der Waals surface area contributed by atoms with Crippen molar-refractivity contribution in [2.75, 3.05) is 12.3 Å². The molecule has 0 saturated heterocycles. The molecular formula is C18H21NO3S. The van der Waals surface area contributed by atoms with Gasteiger partial charge in [-0.05, 0) is 43.5 Å². The number of nitrogens with one attached hydrogen (secondary N) is 1. The molecule has 0 aromatic heterocycles. The molecule has 0 unspecified atom stereocenters. The van der Waals surface area contributed by atoms with Gasteiger partial charge < -0.3 is 5.32 Å². The molecule has 0 heterocycles. The number of amides is 1. The highest BCUT2D eigenvalue weighted by Crippen LogP contribution is 2.12. The largest absolute Gasteiger partial charge is 0.355 e. The molecule has 1 N–H and O–H groups in total. The summed E-state index contributed by atoms with van der Waals surface area (Å²) in [5.41, 5.74) is 3.29. The second kappa shape index (κ2) is 7.42. The first-order valence-corrected chi connectivity index (χ1v) is 9.14. The van der Waals surface area contributed by atoms with Crippen molar-refractivity contribution >= 4 is 15.7 Å². The molecule has 0 radical (unpaired) electrons. The Labute approximate surface area is 137 Å². The van der Waals surface area contributed by atoms with Gasteiger partial charge in [-0.1, -0.05) is 42.0 Å². The zero-order valence-electron chi connectivity index (χ0n) is 13.4. The summed E-state index contributed by atoms with van der Waals surface area (Å²) >= 11 is 0. The first-order chi connectivity index (χ1) is 10.9. The van der Waals surface area contributed by atoms with E-state index in [4.69, 9.17) is 0 Å². The number of carbonyl (C=O) groups is 1. The molecule has 2 aromatic carbocycles. The predicted molar refractivity (Wildman–Crippen MR) is 91.1 cm³/mol. The Balaban J connectivity index is 1.89. The van der Waals surface area contributed by atoms with Gasteiger partial charge in [0.15, 0.2) is 9.84 Å². The van der Waals surface area contributed by atoms with Crippen molar-refractivity contribution in [2.45, 2.75) is 25.2 Å². The molecule has 0 aliphatic carbocycles. The Morgan fingerprint density at radius 2 is 1.65 bits per heavy atom. The van der Waals surface area contributed by atoms with Crippen molar-refractivity contribution in [3.8, 4) is 0 Å². The molecule has 0 saturated carbocycles. The normalized spacial score (nSPS) is 11.2. The maximum atomic E-state index is 12.2. The third kappa shape index (κ3) is 4.93. The van der Waals surface area contributed by atoms with E-state index < -0.39 is 21.5 Å². The molecule has 2 rings (SSSR count). The molecule has 5 heteroatoms. The molecule has 0 aliphatic rings. The fourth-order valence-corrected chi connectivity index (χ4v) is 3.44. The fourth-order valence-electron chi connectivity index (χ4n) is 2.28. The average Bonchev–Trinajstić information content (AvgIpc) is 2.49. The standard InChI is InChI=1S/C18H21NO3S/c1-14-7-9-17(10-8-14)23(21,22)13-18(20)19-12-11-16-6-4-3-5-15(16)2/h3-10H,11-13H2,1-2H3,(H,19,20). The Bertz CT molecular complexity index is 780. The summed E-state index contributed by atoms with van der Waals surface area (Å²) in [5.74, 6) is -0.997. The lowest BCUT2D eigenvalue weighted by Gasteiger charge is -2.08. The minimum Gasteiger partial charge on any atom is -0.355 e. The zero-order valence-corrected chi connectivity index (χ0v) is 14.2. The lowest BCUT2D eigenvalue weighted by molar-refractivity contribution is -0.118. The van der Waals surface area contributed by atoms with E-state index in [1.54, 1.807) is 12.1 Å². The summed E-state index contributed by atoms with van der Waals surface area (Å²) in [4.78, 5) is 12.1. The molecule has 0 aliphatic heterocycles. The second-order valence-corrected chi connectivity index (χ2v) is 7.59. The minimum absolute atomic E-state index is 0.178. The van der Waals surface area contributed by atoms with Crippen LogP contribution in [0.2, 0.25) is 0 Å². The zero-order chi connectivity index (χ0) is 16.9. The summed E-state index contributed by atoms with van der Waals surface area (Å²) < 4.78 is 24.4. The van der Waals surface area contributed by atoms with Gasteiger partial charge in [0.25, 0.3) is 0 Å². The summed E-state index contributed by atoms with van der Waals surface area (Å²) in [7, 11) is -3.59. The molecule has 23 heavy (non-hydrogen) atoms. The van der Waals surface area contributed by atoms with Crippen molar-refractivity contribution in [2.24, 2.45) is 0 Å². The van der Waals surface area contributed by atoms with Crippen molar-refractivity contribution in [3.05, 3.63) is 65.2 Å². The Morgan fingerprint density at radius 3 is 2.30 bits per heavy atom. The SMILES string of the molecule is Cc1ccc(S(=O)(=O)CC(=O)NCCc2ccccc2C)cc1. The van der Waals surface area contributed by atoms with Crippen LogP contribution in [0.3, 0.4) is 0 Å². The lowest BCUT2D eigenvalue weighted by Crippen LogP contribution is -2.31. The van der Waals surface area contributed by atoms with Crippen LogP contribution < -0.4 is 5.32 Å². The van der Waals surface area contributed by atoms with Crippen molar-refractivity contribution in [1.82, 2.24) is 5.32 Å². The quantitative estimate of drug-likeness (QED) is 0.884. The topological polar surface area (TPSA) is 63.2 Å². The van der Waals surface area contributed by atoms with Gasteiger partial charge in [-0.15, -0.1) is 0 Å². The highest BCUT2D eigenvalue weighted by molar-refractivity contribution is 7.92. The van der Waals surface area contributed by atoms with E-state index in [0.717, 1.165) is 16.7 Å². The van der Waals surface area contributed by atoms with Crippen LogP contribution in [0.4, 0.5) is 0 Å². The Morgan fingerprint density at radius 1 is 1.00 bits per heavy atom. The van der Waals surface area contributed by atoms with Crippen LogP contribution >= 0.6 is 0 Å². The predicted octanol–water partition coefficient (Wildman–Crippen LogP) is 2.44. The van der Waals surface area contributed by atoms with E-state index in [-0.39, 0.29) is 4.90 Å². The highest BCUT2D eigenvalue weighted by atomic mass is 32.2. The maximum absolute atomic E-state index is 12.2. The summed E-state index contributed by atoms with van der Waals surface area (Å²) in [6.45, 7) is 4.32. The van der Waals surface area contributed by atoms with Crippen LogP contribution in [0.5, 0.6) is 0 Å². The van der Waals surface area contributed by atoms with Gasteiger partial charge in [-0.25, -0.2) is 8.42 Å². The second-order valence-electron chi connectivity index (χ2n) is 5.60. The number of aryl methyl sites for hydroxylation is 2. The average molecular weight is 331 g/mol. The van der Waals surface area contributed by atoms with Gasteiger partial charge in [-0.3, -0.25) is 4.79 Å². The van der Waals surface area contributed by atoms with Gasteiger partial charge in [0, 0.05) is 6.54 Å². The van der Waals surface area contributed by atoms with Gasteiger partial charge in [-0.2, -0.15) is 0 Å². The van der Waals surface area contributed by atoms with Gasteiger partial charge >= 0.3 is 0 Å². The van der Waals surface area contributed by atoms with Crippen LogP contribution in [-0.4, -0.2) is 26.6 Å². The van der Waals surface area contributed by atoms with Gasteiger partial charge in [0.1, 0.15) is 5.75 Å². The molecule has 122 valence electrons. The fraction of sp³-hybridized carbons (Fsp3) is 0.278. The van der Waals surface area contributed by atoms with E-state index >= 15 is 0 Å². The third-order valence-corrected chi connectivity index (χ3v) is 5.31. The van der Waals surface area contributed by atoms with Crippen LogP contribution in [0.25, 0.3) is 0 Å². The van der Waals surface area contributed by atoms with Crippen molar-refractivity contribution in [1.29, 1.82) is 0 Å². The Kier molecular flexibility index (Phi) is 5.55. The maximum Gasteiger partial charge on any atom is 0.235 e. The van der Waals surface area contributed by atoms with E-state index in [2.05, 4.69) is 5.32 Å². The number of hydrogen-bond acceptors (Lipinski definition) is 3. The molecule has 0 spiro atoms. The highest BCUT2D eigenvalue weighted by Gasteiger charge is 2.18. The van der Waals surface area contributed by atoms with Gasteiger partial charge in [0.2, 0.25) is 5.91 Å². The monoisotopic (exact) mass is 331 g/mol. The molecule has 0 fully saturated rings. The van der Waals surface area contributed by atoms with E-state index in [1.165, 1.54) is 12.1 Å². The first-order valence-electron chi connectivity index (χ1n) is 7.49. The van der Waals surface area contributed by atoms with Crippen LogP contribution in [0.15, 0.2) is 53.4 Å². The molecule has 2 aromatic rings. The molecule has 0 bridgehead atoms. The molecule has 0 atom stereocenters. The van der Waals surface area contributed by atoms with Crippen molar-refractivity contribution < 1.29 is 13.2 Å². The van der Waals surface area contributed by atoms with Crippen LogP contribution in [0.1, 0.15) is 16.7 Å². The lowest BCUT2D eigenvalue weighted by atomic mass is 10.1. The number of hydrogen-bond donors (Lipinski definition) is 1. The van der Waals surface area contributed by atoms with Crippen molar-refractivity contribution in [3.63, 3.8) is 0 Å². The van der Waals surface area contributed by atoms with E-state index in [0.29, 0.717) is 13.0 Å².